The summed E-state index contributed by atoms with van der Waals surface area (Å²) in [6, 6.07) is 3.47. The number of carboxylic acid groups (broad SMARTS) is 1. The molecule has 0 fully saturated rings. The molecule has 0 saturated carbocycles. The zero-order valence-corrected chi connectivity index (χ0v) is 12.6. The van der Waals surface area contributed by atoms with Gasteiger partial charge in [-0.05, 0) is 37.8 Å². The van der Waals surface area contributed by atoms with Gasteiger partial charge in [-0.25, -0.2) is 4.79 Å². The van der Waals surface area contributed by atoms with Gasteiger partial charge in [0.1, 0.15) is 5.76 Å². The molecule has 21 heavy (non-hydrogen) atoms. The van der Waals surface area contributed by atoms with Crippen molar-refractivity contribution in [3.05, 3.63) is 24.2 Å². The molecule has 1 aromatic heterocycles. The maximum atomic E-state index is 11.7. The fourth-order valence-corrected chi connectivity index (χ4v) is 2.00. The average molecular weight is 296 g/mol. The molecule has 2 amide bonds. The highest BCUT2D eigenvalue weighted by molar-refractivity contribution is 5.74. The molecule has 6 heteroatoms. The summed E-state index contributed by atoms with van der Waals surface area (Å²) in [6.07, 6.45) is 3.84. The van der Waals surface area contributed by atoms with E-state index < -0.39 is 5.97 Å². The van der Waals surface area contributed by atoms with E-state index in [4.69, 9.17) is 9.52 Å². The quantitative estimate of drug-likeness (QED) is 0.652. The van der Waals surface area contributed by atoms with Crippen LogP contribution in [0.1, 0.15) is 38.9 Å². The third-order valence-corrected chi connectivity index (χ3v) is 3.24. The number of amides is 2. The summed E-state index contributed by atoms with van der Waals surface area (Å²) >= 11 is 0. The Balaban J connectivity index is 2.11. The Hall–Kier alpha value is -1.98. The van der Waals surface area contributed by atoms with E-state index in [2.05, 4.69) is 10.6 Å². The third-order valence-electron chi connectivity index (χ3n) is 3.24. The van der Waals surface area contributed by atoms with Crippen LogP contribution < -0.4 is 10.6 Å². The van der Waals surface area contributed by atoms with Crippen molar-refractivity contribution in [3.8, 4) is 0 Å². The maximum Gasteiger partial charge on any atom is 0.315 e. The predicted molar refractivity (Wildman–Crippen MR) is 79.1 cm³/mol. The van der Waals surface area contributed by atoms with Crippen LogP contribution in [0.5, 0.6) is 0 Å². The monoisotopic (exact) mass is 296 g/mol. The van der Waals surface area contributed by atoms with Gasteiger partial charge in [0.05, 0.1) is 6.26 Å². The number of carbonyl (C=O) groups is 2. The van der Waals surface area contributed by atoms with Gasteiger partial charge in [-0.2, -0.15) is 0 Å². The molecule has 6 nitrogen and oxygen atoms in total. The molecule has 0 bridgehead atoms. The second-order valence-corrected chi connectivity index (χ2v) is 5.41. The SMILES string of the molecule is CC(CCNC(=O)NC(C)Cc1ccco1)CCC(=O)O. The number of aliphatic carboxylic acids is 1. The molecule has 1 rings (SSSR count). The lowest BCUT2D eigenvalue weighted by Crippen LogP contribution is -2.42. The van der Waals surface area contributed by atoms with Crippen molar-refractivity contribution in [2.24, 2.45) is 5.92 Å². The van der Waals surface area contributed by atoms with Gasteiger partial charge in [0.15, 0.2) is 0 Å². The Kier molecular flexibility index (Phi) is 7.36. The number of carboxylic acids is 1. The minimum Gasteiger partial charge on any atom is -0.481 e. The minimum absolute atomic E-state index is 0.0133. The summed E-state index contributed by atoms with van der Waals surface area (Å²) in [5.74, 6) is 0.339. The highest BCUT2D eigenvalue weighted by Gasteiger charge is 2.10. The van der Waals surface area contributed by atoms with Crippen molar-refractivity contribution in [3.63, 3.8) is 0 Å². The molecule has 1 heterocycles. The molecule has 2 unspecified atom stereocenters. The Labute approximate surface area is 124 Å². The van der Waals surface area contributed by atoms with Crippen LogP contribution in [0.3, 0.4) is 0 Å². The second-order valence-electron chi connectivity index (χ2n) is 5.41. The van der Waals surface area contributed by atoms with Crippen LogP contribution in [0.2, 0.25) is 0 Å². The Morgan fingerprint density at radius 1 is 1.33 bits per heavy atom. The van der Waals surface area contributed by atoms with Crippen molar-refractivity contribution in [1.82, 2.24) is 10.6 Å². The van der Waals surface area contributed by atoms with Gasteiger partial charge in [-0.1, -0.05) is 6.92 Å². The number of rotatable bonds is 9. The summed E-state index contributed by atoms with van der Waals surface area (Å²) in [5, 5.41) is 14.2. The molecule has 0 aliphatic heterocycles. The molecule has 1 aromatic rings. The highest BCUT2D eigenvalue weighted by Crippen LogP contribution is 2.09. The summed E-state index contributed by atoms with van der Waals surface area (Å²) < 4.78 is 5.22. The van der Waals surface area contributed by atoms with Crippen molar-refractivity contribution in [1.29, 1.82) is 0 Å². The van der Waals surface area contributed by atoms with Gasteiger partial charge in [-0.15, -0.1) is 0 Å². The van der Waals surface area contributed by atoms with Gasteiger partial charge in [-0.3, -0.25) is 4.79 Å². The van der Waals surface area contributed by atoms with Gasteiger partial charge in [0.2, 0.25) is 0 Å². The smallest absolute Gasteiger partial charge is 0.315 e. The molecule has 118 valence electrons. The number of carbonyl (C=O) groups excluding carboxylic acids is 1. The van der Waals surface area contributed by atoms with E-state index in [1.165, 1.54) is 0 Å². The molecule has 0 spiro atoms. The van der Waals surface area contributed by atoms with Crippen molar-refractivity contribution >= 4 is 12.0 Å². The molecule has 0 radical (unpaired) electrons. The number of furan rings is 1. The van der Waals surface area contributed by atoms with Crippen LogP contribution in [-0.4, -0.2) is 29.7 Å². The summed E-state index contributed by atoms with van der Waals surface area (Å²) in [4.78, 5) is 22.1. The predicted octanol–water partition coefficient (Wildman–Crippen LogP) is 2.40. The largest absolute Gasteiger partial charge is 0.481 e. The molecule has 0 saturated heterocycles. The maximum absolute atomic E-state index is 11.7. The lowest BCUT2D eigenvalue weighted by atomic mass is 10.0. The standard InChI is InChI=1S/C15H24N2O4/c1-11(5-6-14(18)19)7-8-16-15(20)17-12(2)10-13-4-3-9-21-13/h3-4,9,11-12H,5-8,10H2,1-2H3,(H,18,19)(H2,16,17,20). The van der Waals surface area contributed by atoms with Crippen molar-refractivity contribution in [2.75, 3.05) is 6.54 Å². The molecule has 0 aliphatic carbocycles. The van der Waals surface area contributed by atoms with E-state index >= 15 is 0 Å². The molecule has 0 aromatic carbocycles. The molecular formula is C15H24N2O4. The van der Waals surface area contributed by atoms with Gasteiger partial charge >= 0.3 is 12.0 Å². The molecule has 3 N–H and O–H groups in total. The first kappa shape index (κ1) is 17.1. The van der Waals surface area contributed by atoms with Crippen molar-refractivity contribution in [2.45, 2.75) is 45.6 Å². The summed E-state index contributed by atoms with van der Waals surface area (Å²) in [7, 11) is 0. The van der Waals surface area contributed by atoms with Crippen LogP contribution in [0, 0.1) is 5.92 Å². The molecular weight excluding hydrogens is 272 g/mol. The normalized spacial score (nSPS) is 13.4. The fraction of sp³-hybridized carbons (Fsp3) is 0.600. The van der Waals surface area contributed by atoms with Crippen LogP contribution >= 0.6 is 0 Å². The Bertz CT molecular complexity index is 431. The Morgan fingerprint density at radius 3 is 2.71 bits per heavy atom. The van der Waals surface area contributed by atoms with E-state index in [0.29, 0.717) is 19.4 Å². The minimum atomic E-state index is -0.778. The van der Waals surface area contributed by atoms with Crippen LogP contribution in [-0.2, 0) is 11.2 Å². The first-order valence-electron chi connectivity index (χ1n) is 7.26. The lowest BCUT2D eigenvalue weighted by molar-refractivity contribution is -0.137. The lowest BCUT2D eigenvalue weighted by Gasteiger charge is -2.15. The number of hydrogen-bond donors (Lipinski definition) is 3. The molecule has 2 atom stereocenters. The van der Waals surface area contributed by atoms with E-state index in [1.54, 1.807) is 6.26 Å². The number of hydrogen-bond acceptors (Lipinski definition) is 3. The van der Waals surface area contributed by atoms with Crippen LogP contribution in [0.25, 0.3) is 0 Å². The first-order chi connectivity index (χ1) is 9.97. The van der Waals surface area contributed by atoms with Gasteiger partial charge < -0.3 is 20.2 Å². The average Bonchev–Trinajstić information content (AvgIpc) is 2.88. The van der Waals surface area contributed by atoms with E-state index in [9.17, 15) is 9.59 Å². The topological polar surface area (TPSA) is 91.6 Å². The highest BCUT2D eigenvalue weighted by atomic mass is 16.4. The zero-order valence-electron chi connectivity index (χ0n) is 12.6. The Morgan fingerprint density at radius 2 is 2.10 bits per heavy atom. The zero-order chi connectivity index (χ0) is 15.7. The third kappa shape index (κ3) is 8.02. The van der Waals surface area contributed by atoms with Gasteiger partial charge in [0.25, 0.3) is 0 Å². The van der Waals surface area contributed by atoms with Gasteiger partial charge in [0, 0.05) is 25.4 Å². The molecule has 0 aliphatic rings. The van der Waals surface area contributed by atoms with Crippen molar-refractivity contribution < 1.29 is 19.1 Å². The first-order valence-corrected chi connectivity index (χ1v) is 7.26. The van der Waals surface area contributed by atoms with Crippen LogP contribution in [0.15, 0.2) is 22.8 Å². The second kappa shape index (κ2) is 9.05. The summed E-state index contributed by atoms with van der Waals surface area (Å²) in [6.45, 7) is 4.44. The van der Waals surface area contributed by atoms with Crippen LogP contribution in [0.4, 0.5) is 4.79 Å². The number of urea groups is 1. The van der Waals surface area contributed by atoms with E-state index in [0.717, 1.165) is 12.2 Å². The summed E-state index contributed by atoms with van der Waals surface area (Å²) in [5.41, 5.74) is 0. The van der Waals surface area contributed by atoms with E-state index in [-0.39, 0.29) is 24.4 Å². The van der Waals surface area contributed by atoms with E-state index in [1.807, 2.05) is 26.0 Å². The number of nitrogens with one attached hydrogen (secondary N) is 2. The fourth-order valence-electron chi connectivity index (χ4n) is 2.00.